The number of ether oxygens (including phenoxy) is 1. The Labute approximate surface area is 96.8 Å². The van der Waals surface area contributed by atoms with Gasteiger partial charge in [0, 0.05) is 6.92 Å². The maximum Gasteiger partial charge on any atom is 0.216 e. The molecule has 1 N–H and O–H groups in total. The summed E-state index contributed by atoms with van der Waals surface area (Å²) in [6, 6.07) is 8.06. The molecule has 3 nitrogen and oxygen atoms in total. The van der Waals surface area contributed by atoms with Gasteiger partial charge < -0.3 is 10.1 Å². The van der Waals surface area contributed by atoms with Crippen LogP contribution in [0.2, 0.25) is 0 Å². The molecule has 0 heterocycles. The van der Waals surface area contributed by atoms with E-state index in [1.807, 2.05) is 12.1 Å². The van der Waals surface area contributed by atoms with Gasteiger partial charge in [-0.25, -0.2) is 0 Å². The molecule has 0 unspecified atom stereocenters. The van der Waals surface area contributed by atoms with Crippen LogP contribution in [0.3, 0.4) is 0 Å². The van der Waals surface area contributed by atoms with Crippen LogP contribution in [-0.2, 0) is 4.79 Å². The van der Waals surface area contributed by atoms with E-state index in [0.717, 1.165) is 5.75 Å². The summed E-state index contributed by atoms with van der Waals surface area (Å²) >= 11 is 0. The van der Waals surface area contributed by atoms with Crippen LogP contribution in [0.25, 0.3) is 0 Å². The van der Waals surface area contributed by atoms with Gasteiger partial charge in [-0.05, 0) is 23.6 Å². The molecule has 3 heteroatoms. The molecule has 1 amide bonds. The minimum atomic E-state index is -0.0289. The normalized spacial score (nSPS) is 10.2. The van der Waals surface area contributed by atoms with Crippen molar-refractivity contribution in [2.24, 2.45) is 0 Å². The molecule has 88 valence electrons. The van der Waals surface area contributed by atoms with Gasteiger partial charge in [0.25, 0.3) is 0 Å². The van der Waals surface area contributed by atoms with E-state index in [-0.39, 0.29) is 5.91 Å². The Bertz CT molecular complexity index is 330. The molecular weight excluding hydrogens is 202 g/mol. The summed E-state index contributed by atoms with van der Waals surface area (Å²) in [5.74, 6) is 1.35. The van der Waals surface area contributed by atoms with E-state index in [1.54, 1.807) is 0 Å². The summed E-state index contributed by atoms with van der Waals surface area (Å²) in [5.41, 5.74) is 1.30. The molecule has 0 aliphatic rings. The van der Waals surface area contributed by atoms with Gasteiger partial charge in [-0.1, -0.05) is 26.0 Å². The van der Waals surface area contributed by atoms with E-state index in [9.17, 15) is 4.79 Å². The molecule has 0 aliphatic heterocycles. The number of benzene rings is 1. The second-order valence-electron chi connectivity index (χ2n) is 4.06. The molecule has 0 aromatic heterocycles. The van der Waals surface area contributed by atoms with Crippen LogP contribution in [0.15, 0.2) is 24.3 Å². The van der Waals surface area contributed by atoms with E-state index < -0.39 is 0 Å². The Morgan fingerprint density at radius 1 is 1.31 bits per heavy atom. The lowest BCUT2D eigenvalue weighted by Gasteiger charge is -2.09. The lowest BCUT2D eigenvalue weighted by atomic mass is 10.0. The highest BCUT2D eigenvalue weighted by molar-refractivity contribution is 5.72. The molecule has 1 aromatic carbocycles. The molecule has 0 bridgehead atoms. The van der Waals surface area contributed by atoms with Crippen molar-refractivity contribution in [2.75, 3.05) is 13.2 Å². The first-order chi connectivity index (χ1) is 7.59. The van der Waals surface area contributed by atoms with Gasteiger partial charge in [0.1, 0.15) is 12.4 Å². The van der Waals surface area contributed by atoms with Crippen molar-refractivity contribution in [3.05, 3.63) is 29.8 Å². The molecular formula is C13H19NO2. The average Bonchev–Trinajstić information content (AvgIpc) is 2.25. The summed E-state index contributed by atoms with van der Waals surface area (Å²) in [6.45, 7) is 6.86. The molecule has 0 fully saturated rings. The summed E-state index contributed by atoms with van der Waals surface area (Å²) in [4.78, 5) is 10.6. The number of hydrogen-bond donors (Lipinski definition) is 1. The van der Waals surface area contributed by atoms with Crippen LogP contribution in [0, 0.1) is 0 Å². The number of nitrogens with one attached hydrogen (secondary N) is 1. The van der Waals surface area contributed by atoms with Crippen molar-refractivity contribution in [3.8, 4) is 5.75 Å². The van der Waals surface area contributed by atoms with Gasteiger partial charge in [-0.3, -0.25) is 4.79 Å². The number of carbonyl (C=O) groups excluding carboxylic acids is 1. The fourth-order valence-corrected chi connectivity index (χ4v) is 1.34. The van der Waals surface area contributed by atoms with Gasteiger partial charge in [0.15, 0.2) is 0 Å². The quantitative estimate of drug-likeness (QED) is 0.775. The van der Waals surface area contributed by atoms with E-state index in [4.69, 9.17) is 4.74 Å². The predicted molar refractivity (Wildman–Crippen MR) is 64.7 cm³/mol. The van der Waals surface area contributed by atoms with Crippen LogP contribution in [0.1, 0.15) is 32.3 Å². The zero-order valence-electron chi connectivity index (χ0n) is 10.1. The zero-order chi connectivity index (χ0) is 12.0. The Kier molecular flexibility index (Phi) is 4.83. The second-order valence-corrected chi connectivity index (χ2v) is 4.06. The minimum absolute atomic E-state index is 0.0289. The van der Waals surface area contributed by atoms with Crippen LogP contribution < -0.4 is 10.1 Å². The Morgan fingerprint density at radius 2 is 1.94 bits per heavy atom. The maximum atomic E-state index is 10.6. The number of hydrogen-bond acceptors (Lipinski definition) is 2. The molecule has 1 rings (SSSR count). The monoisotopic (exact) mass is 221 g/mol. The Hall–Kier alpha value is -1.51. The summed E-state index contributed by atoms with van der Waals surface area (Å²) in [7, 11) is 0. The van der Waals surface area contributed by atoms with E-state index >= 15 is 0 Å². The van der Waals surface area contributed by atoms with Gasteiger partial charge in [0.2, 0.25) is 5.91 Å². The van der Waals surface area contributed by atoms with E-state index in [1.165, 1.54) is 12.5 Å². The smallest absolute Gasteiger partial charge is 0.216 e. The molecule has 0 radical (unpaired) electrons. The highest BCUT2D eigenvalue weighted by atomic mass is 16.5. The SMILES string of the molecule is CC(=O)NCCOc1ccc(C(C)C)cc1. The third-order valence-corrected chi connectivity index (χ3v) is 2.29. The summed E-state index contributed by atoms with van der Waals surface area (Å²) in [5, 5.41) is 2.68. The van der Waals surface area contributed by atoms with Crippen LogP contribution in [-0.4, -0.2) is 19.1 Å². The summed E-state index contributed by atoms with van der Waals surface area (Å²) in [6.07, 6.45) is 0. The van der Waals surface area contributed by atoms with Crippen molar-refractivity contribution >= 4 is 5.91 Å². The van der Waals surface area contributed by atoms with Crippen molar-refractivity contribution in [1.82, 2.24) is 5.32 Å². The van der Waals surface area contributed by atoms with Crippen molar-refractivity contribution in [2.45, 2.75) is 26.7 Å². The average molecular weight is 221 g/mol. The third-order valence-electron chi connectivity index (χ3n) is 2.29. The fraction of sp³-hybridized carbons (Fsp3) is 0.462. The Morgan fingerprint density at radius 3 is 2.44 bits per heavy atom. The van der Waals surface area contributed by atoms with Gasteiger partial charge >= 0.3 is 0 Å². The van der Waals surface area contributed by atoms with Crippen LogP contribution in [0.5, 0.6) is 5.75 Å². The minimum Gasteiger partial charge on any atom is -0.492 e. The topological polar surface area (TPSA) is 38.3 Å². The molecule has 0 aliphatic carbocycles. The van der Waals surface area contributed by atoms with Crippen LogP contribution >= 0.6 is 0 Å². The first-order valence-corrected chi connectivity index (χ1v) is 5.57. The van der Waals surface area contributed by atoms with Crippen LogP contribution in [0.4, 0.5) is 0 Å². The molecule has 0 spiro atoms. The third kappa shape index (κ3) is 4.34. The highest BCUT2D eigenvalue weighted by Gasteiger charge is 1.99. The molecule has 0 saturated heterocycles. The number of rotatable bonds is 5. The van der Waals surface area contributed by atoms with E-state index in [2.05, 4.69) is 31.3 Å². The lowest BCUT2D eigenvalue weighted by Crippen LogP contribution is -2.25. The molecule has 0 saturated carbocycles. The van der Waals surface area contributed by atoms with Crippen molar-refractivity contribution in [3.63, 3.8) is 0 Å². The number of carbonyl (C=O) groups is 1. The number of amides is 1. The Balaban J connectivity index is 2.35. The van der Waals surface area contributed by atoms with Gasteiger partial charge in [-0.2, -0.15) is 0 Å². The lowest BCUT2D eigenvalue weighted by molar-refractivity contribution is -0.119. The first-order valence-electron chi connectivity index (χ1n) is 5.57. The fourth-order valence-electron chi connectivity index (χ4n) is 1.34. The predicted octanol–water partition coefficient (Wildman–Crippen LogP) is 2.32. The highest BCUT2D eigenvalue weighted by Crippen LogP contribution is 2.18. The maximum absolute atomic E-state index is 10.6. The molecule has 1 aromatic rings. The van der Waals surface area contributed by atoms with E-state index in [0.29, 0.717) is 19.1 Å². The molecule has 0 atom stereocenters. The second kappa shape index (κ2) is 6.16. The standard InChI is InChI=1S/C13H19NO2/c1-10(2)12-4-6-13(7-5-12)16-9-8-14-11(3)15/h4-7,10H,8-9H2,1-3H3,(H,14,15). The first kappa shape index (κ1) is 12.6. The molecule has 16 heavy (non-hydrogen) atoms. The van der Waals surface area contributed by atoms with Crippen molar-refractivity contribution < 1.29 is 9.53 Å². The van der Waals surface area contributed by atoms with Gasteiger partial charge in [-0.15, -0.1) is 0 Å². The van der Waals surface area contributed by atoms with Gasteiger partial charge in [0.05, 0.1) is 6.54 Å². The largest absolute Gasteiger partial charge is 0.492 e. The van der Waals surface area contributed by atoms with Crippen molar-refractivity contribution in [1.29, 1.82) is 0 Å². The zero-order valence-corrected chi connectivity index (χ0v) is 10.1. The summed E-state index contributed by atoms with van der Waals surface area (Å²) < 4.78 is 5.48.